The van der Waals surface area contributed by atoms with E-state index in [9.17, 15) is 0 Å². The van der Waals surface area contributed by atoms with Crippen molar-refractivity contribution in [2.45, 2.75) is 32.7 Å². The molecule has 2 N–H and O–H groups in total. The first-order chi connectivity index (χ1) is 9.15. The minimum atomic E-state index is 0. The summed E-state index contributed by atoms with van der Waals surface area (Å²) in [5, 5.41) is 6.74. The van der Waals surface area contributed by atoms with Gasteiger partial charge in [-0.15, -0.1) is 24.0 Å². The van der Waals surface area contributed by atoms with E-state index >= 15 is 0 Å². The van der Waals surface area contributed by atoms with E-state index in [4.69, 9.17) is 4.74 Å². The summed E-state index contributed by atoms with van der Waals surface area (Å²) >= 11 is 0. The van der Waals surface area contributed by atoms with Gasteiger partial charge in [0.1, 0.15) is 0 Å². The Morgan fingerprint density at radius 2 is 2.00 bits per heavy atom. The molecule has 5 nitrogen and oxygen atoms in total. The number of hydrogen-bond donors (Lipinski definition) is 2. The van der Waals surface area contributed by atoms with Crippen LogP contribution in [0.2, 0.25) is 0 Å². The quantitative estimate of drug-likeness (QED) is 0.405. The fraction of sp³-hybridized carbons (Fsp3) is 0.929. The Kier molecular flexibility index (Phi) is 11.5. The molecule has 0 aromatic carbocycles. The molecular weight excluding hydrogens is 367 g/mol. The average molecular weight is 398 g/mol. The second-order valence-corrected chi connectivity index (χ2v) is 5.53. The second kappa shape index (κ2) is 11.6. The topological polar surface area (TPSA) is 48.9 Å². The summed E-state index contributed by atoms with van der Waals surface area (Å²) in [6, 6.07) is 0.419. The highest BCUT2D eigenvalue weighted by atomic mass is 127. The lowest BCUT2D eigenvalue weighted by molar-refractivity contribution is 0.121. The summed E-state index contributed by atoms with van der Waals surface area (Å²) in [6.07, 6.45) is 2.52. The van der Waals surface area contributed by atoms with Crippen LogP contribution in [0.1, 0.15) is 26.7 Å². The molecule has 1 rings (SSSR count). The van der Waals surface area contributed by atoms with E-state index < -0.39 is 0 Å². The van der Waals surface area contributed by atoms with E-state index in [0.29, 0.717) is 6.04 Å². The molecular formula is C14H31IN4O. The van der Waals surface area contributed by atoms with E-state index in [2.05, 4.69) is 34.4 Å². The average Bonchev–Trinajstić information content (AvgIpc) is 2.42. The Bertz CT molecular complexity index is 266. The van der Waals surface area contributed by atoms with Crippen molar-refractivity contribution in [1.29, 1.82) is 0 Å². The highest BCUT2D eigenvalue weighted by Crippen LogP contribution is 2.15. The molecule has 0 radical (unpaired) electrons. The van der Waals surface area contributed by atoms with E-state index in [1.165, 1.54) is 25.9 Å². The second-order valence-electron chi connectivity index (χ2n) is 5.53. The zero-order valence-electron chi connectivity index (χ0n) is 13.3. The van der Waals surface area contributed by atoms with Crippen LogP contribution in [-0.2, 0) is 4.74 Å². The lowest BCUT2D eigenvalue weighted by Gasteiger charge is -2.32. The van der Waals surface area contributed by atoms with Crippen LogP contribution in [0, 0.1) is 5.92 Å². The lowest BCUT2D eigenvalue weighted by Crippen LogP contribution is -2.45. The fourth-order valence-corrected chi connectivity index (χ4v) is 2.34. The number of piperidine rings is 1. The van der Waals surface area contributed by atoms with Gasteiger partial charge in [-0.05, 0) is 45.7 Å². The van der Waals surface area contributed by atoms with Crippen LogP contribution in [-0.4, -0.2) is 63.8 Å². The molecule has 6 heteroatoms. The van der Waals surface area contributed by atoms with Crippen molar-refractivity contribution in [2.75, 3.05) is 46.9 Å². The summed E-state index contributed by atoms with van der Waals surface area (Å²) in [5.41, 5.74) is 0. The van der Waals surface area contributed by atoms with Crippen LogP contribution >= 0.6 is 24.0 Å². The molecule has 0 unspecified atom stereocenters. The van der Waals surface area contributed by atoms with Gasteiger partial charge in [0.2, 0.25) is 0 Å². The van der Waals surface area contributed by atoms with Crippen LogP contribution < -0.4 is 10.6 Å². The molecule has 20 heavy (non-hydrogen) atoms. The molecule has 0 spiro atoms. The zero-order valence-corrected chi connectivity index (χ0v) is 15.6. The van der Waals surface area contributed by atoms with Crippen LogP contribution in [0.4, 0.5) is 0 Å². The molecule has 120 valence electrons. The predicted octanol–water partition coefficient (Wildman–Crippen LogP) is 1.54. The van der Waals surface area contributed by atoms with Crippen molar-refractivity contribution in [2.24, 2.45) is 10.9 Å². The van der Waals surface area contributed by atoms with Crippen LogP contribution in [0.15, 0.2) is 4.99 Å². The van der Waals surface area contributed by atoms with E-state index in [-0.39, 0.29) is 24.0 Å². The number of guanidine groups is 1. The Hall–Kier alpha value is -0.0800. The summed E-state index contributed by atoms with van der Waals surface area (Å²) in [5.74, 6) is 1.67. The van der Waals surface area contributed by atoms with Gasteiger partial charge in [-0.2, -0.15) is 0 Å². The first-order valence-corrected chi connectivity index (χ1v) is 7.34. The summed E-state index contributed by atoms with van der Waals surface area (Å²) < 4.78 is 5.12. The molecule has 1 heterocycles. The van der Waals surface area contributed by atoms with Gasteiger partial charge in [0.15, 0.2) is 5.96 Å². The van der Waals surface area contributed by atoms with E-state index in [1.54, 1.807) is 7.11 Å². The van der Waals surface area contributed by atoms with Gasteiger partial charge in [-0.3, -0.25) is 4.99 Å². The highest BCUT2D eigenvalue weighted by Gasteiger charge is 2.18. The first-order valence-electron chi connectivity index (χ1n) is 7.34. The number of aliphatic imine (C=N–C) groups is 1. The summed E-state index contributed by atoms with van der Waals surface area (Å²) in [4.78, 5) is 6.72. The van der Waals surface area contributed by atoms with Crippen molar-refractivity contribution >= 4 is 29.9 Å². The van der Waals surface area contributed by atoms with Gasteiger partial charge in [0.05, 0.1) is 6.61 Å². The molecule has 0 aromatic rings. The molecule has 1 fully saturated rings. The van der Waals surface area contributed by atoms with Gasteiger partial charge in [0.25, 0.3) is 0 Å². The number of hydrogen-bond acceptors (Lipinski definition) is 3. The monoisotopic (exact) mass is 398 g/mol. The fourth-order valence-electron chi connectivity index (χ4n) is 2.34. The van der Waals surface area contributed by atoms with Gasteiger partial charge in [-0.25, -0.2) is 0 Å². The standard InChI is InChI=1S/C14H30N4O.HI/c1-12(2)17-14(15-3)16-11-13-5-7-18(8-6-13)9-10-19-4;/h12-13H,5-11H2,1-4H3,(H2,15,16,17);1H. The van der Waals surface area contributed by atoms with Crippen LogP contribution in [0.25, 0.3) is 0 Å². The molecule has 0 bridgehead atoms. The van der Waals surface area contributed by atoms with Crippen LogP contribution in [0.3, 0.4) is 0 Å². The maximum atomic E-state index is 5.12. The van der Waals surface area contributed by atoms with Gasteiger partial charge in [0, 0.05) is 33.3 Å². The third-order valence-corrected chi connectivity index (χ3v) is 3.53. The molecule has 0 saturated carbocycles. The van der Waals surface area contributed by atoms with Crippen molar-refractivity contribution in [3.8, 4) is 0 Å². The lowest BCUT2D eigenvalue weighted by atomic mass is 9.97. The van der Waals surface area contributed by atoms with Crippen molar-refractivity contribution < 1.29 is 4.74 Å². The number of nitrogens with zero attached hydrogens (tertiary/aromatic N) is 2. The molecule has 1 aliphatic rings. The Labute approximate surface area is 140 Å². The first kappa shape index (κ1) is 19.9. The number of halogens is 1. The maximum absolute atomic E-state index is 5.12. The molecule has 1 aliphatic heterocycles. The highest BCUT2D eigenvalue weighted by molar-refractivity contribution is 14.0. The summed E-state index contributed by atoms with van der Waals surface area (Å²) in [6.45, 7) is 9.55. The molecule has 0 amide bonds. The van der Waals surface area contributed by atoms with Crippen LogP contribution in [0.5, 0.6) is 0 Å². The van der Waals surface area contributed by atoms with Gasteiger partial charge < -0.3 is 20.3 Å². The Morgan fingerprint density at radius 1 is 1.35 bits per heavy atom. The van der Waals surface area contributed by atoms with E-state index in [1.807, 2.05) is 7.05 Å². The number of likely N-dealkylation sites (tertiary alicyclic amines) is 1. The number of rotatable bonds is 6. The molecule has 0 aromatic heterocycles. The third-order valence-electron chi connectivity index (χ3n) is 3.53. The van der Waals surface area contributed by atoms with Crippen molar-refractivity contribution in [1.82, 2.24) is 15.5 Å². The summed E-state index contributed by atoms with van der Waals surface area (Å²) in [7, 11) is 3.59. The minimum absolute atomic E-state index is 0. The molecule has 0 aliphatic carbocycles. The number of methoxy groups -OCH3 is 1. The van der Waals surface area contributed by atoms with Crippen molar-refractivity contribution in [3.05, 3.63) is 0 Å². The van der Waals surface area contributed by atoms with E-state index in [0.717, 1.165) is 31.6 Å². The normalized spacial score (nSPS) is 17.9. The maximum Gasteiger partial charge on any atom is 0.191 e. The molecule has 0 atom stereocenters. The van der Waals surface area contributed by atoms with Crippen molar-refractivity contribution in [3.63, 3.8) is 0 Å². The number of ether oxygens (including phenoxy) is 1. The SMILES string of the molecule is CN=C(NCC1CCN(CCOC)CC1)NC(C)C.I. The smallest absolute Gasteiger partial charge is 0.191 e. The minimum Gasteiger partial charge on any atom is -0.383 e. The third kappa shape index (κ3) is 8.26. The predicted molar refractivity (Wildman–Crippen MR) is 96.1 cm³/mol. The van der Waals surface area contributed by atoms with Gasteiger partial charge >= 0.3 is 0 Å². The Morgan fingerprint density at radius 3 is 2.50 bits per heavy atom. The Balaban J connectivity index is 0.00000361. The molecule has 1 saturated heterocycles. The zero-order chi connectivity index (χ0) is 14.1. The number of nitrogens with one attached hydrogen (secondary N) is 2. The van der Waals surface area contributed by atoms with Gasteiger partial charge in [-0.1, -0.05) is 0 Å². The largest absolute Gasteiger partial charge is 0.383 e.